The molecule has 0 fully saturated rings. The lowest BCUT2D eigenvalue weighted by molar-refractivity contribution is -0.193. The summed E-state index contributed by atoms with van der Waals surface area (Å²) in [6, 6.07) is -2.39. The zero-order valence-electron chi connectivity index (χ0n) is 22.8. The van der Waals surface area contributed by atoms with Gasteiger partial charge in [0, 0.05) is 32.4 Å². The lowest BCUT2D eigenvalue weighted by Crippen LogP contribution is -2.48. The number of halogens is 1. The summed E-state index contributed by atoms with van der Waals surface area (Å²) in [5.41, 5.74) is 5.23. The Balaban J connectivity index is -0.000000716. The number of pyridine rings is 1. The van der Waals surface area contributed by atoms with Crippen molar-refractivity contribution in [3.8, 4) is 0 Å². The first-order valence-electron chi connectivity index (χ1n) is 11.7. The van der Waals surface area contributed by atoms with Crippen molar-refractivity contribution in [2.24, 2.45) is 5.73 Å². The molecule has 1 aromatic rings. The number of urea groups is 2. The van der Waals surface area contributed by atoms with Crippen molar-refractivity contribution in [1.82, 2.24) is 31.6 Å². The van der Waals surface area contributed by atoms with E-state index in [1.165, 1.54) is 6.07 Å². The fraction of sp³-hybridized carbons (Fsp3) is 0.364. The third-order valence-electron chi connectivity index (χ3n) is 4.08. The van der Waals surface area contributed by atoms with Gasteiger partial charge in [0.2, 0.25) is 5.95 Å². The summed E-state index contributed by atoms with van der Waals surface area (Å²) in [7, 11) is 0. The highest BCUT2D eigenvalue weighted by atomic mass is 18.2. The van der Waals surface area contributed by atoms with Crippen molar-refractivity contribution in [2.75, 3.05) is 26.2 Å². The van der Waals surface area contributed by atoms with Gasteiger partial charge >= 0.3 is 48.2 Å². The largest absolute Gasteiger partial charge is 0.481 e. The van der Waals surface area contributed by atoms with Crippen molar-refractivity contribution >= 4 is 54.1 Å². The minimum atomic E-state index is -1.57. The summed E-state index contributed by atoms with van der Waals surface area (Å²) < 4.78 is 12.6. The summed E-state index contributed by atoms with van der Waals surface area (Å²) in [5, 5.41) is 45.2. The van der Waals surface area contributed by atoms with Crippen LogP contribution in [0.4, 0.5) is 14.0 Å². The second kappa shape index (κ2) is 26.6. The van der Waals surface area contributed by atoms with Gasteiger partial charge in [-0.2, -0.15) is 23.6 Å². The van der Waals surface area contributed by atoms with E-state index < -0.39 is 72.7 Å². The molecule has 0 aliphatic carbocycles. The van der Waals surface area contributed by atoms with E-state index in [-0.39, 0.29) is 44.0 Å². The van der Waals surface area contributed by atoms with Crippen LogP contribution in [-0.4, -0.2) is 118 Å². The Hall–Kier alpha value is -6.31. The zero-order chi connectivity index (χ0) is 35.4. The number of carboxylic acids is 4. The third kappa shape index (κ3) is 26.3. The maximum Gasteiger partial charge on any atom is 0.373 e. The molecular weight excluding hydrogens is 620 g/mol. The lowest BCUT2D eigenvalue weighted by atomic mass is 10.2. The monoisotopic (exact) mass is 648 g/mol. The van der Waals surface area contributed by atoms with Gasteiger partial charge in [0.1, 0.15) is 12.1 Å². The van der Waals surface area contributed by atoms with Crippen molar-refractivity contribution < 1.29 is 77.6 Å². The molecule has 0 spiro atoms. The number of carboxylic acid groups (broad SMARTS) is 4. The summed E-state index contributed by atoms with van der Waals surface area (Å²) >= 11 is 0. The average molecular weight is 649 g/mol. The zero-order valence-corrected chi connectivity index (χ0v) is 22.8. The number of nitrogens with one attached hydrogen (secondary N) is 5. The SMILES string of the molecule is NCCNC(=O)N[C@@H](CC(=O)O)C(=O)O.O=C(O)C[C@H](NC(=O)NCCNC(=O)c1ccc([18F])nc1)C(=O)O.O=C=O.O=C=O. The van der Waals surface area contributed by atoms with Crippen molar-refractivity contribution in [2.45, 2.75) is 24.9 Å². The van der Waals surface area contributed by atoms with E-state index in [9.17, 15) is 38.0 Å². The molecule has 1 rings (SSSR count). The van der Waals surface area contributed by atoms with Crippen LogP contribution >= 0.6 is 0 Å². The van der Waals surface area contributed by atoms with Gasteiger partial charge in [-0.15, -0.1) is 0 Å². The number of rotatable bonds is 14. The highest BCUT2D eigenvalue weighted by Crippen LogP contribution is 1.98. The summed E-state index contributed by atoms with van der Waals surface area (Å²) in [4.78, 5) is 112. The summed E-state index contributed by atoms with van der Waals surface area (Å²) in [5.74, 6) is -6.81. The van der Waals surface area contributed by atoms with E-state index in [0.29, 0.717) is 0 Å². The van der Waals surface area contributed by atoms with Gasteiger partial charge in [-0.05, 0) is 12.1 Å². The Bertz CT molecular complexity index is 1190. The molecule has 0 unspecified atom stereocenters. The third-order valence-corrected chi connectivity index (χ3v) is 4.08. The second-order valence-electron chi connectivity index (χ2n) is 7.36. The van der Waals surface area contributed by atoms with Crippen LogP contribution < -0.4 is 32.3 Å². The molecule has 0 saturated carbocycles. The number of carbonyl (C=O) groups excluding carboxylic acids is 7. The number of hydrogen-bond donors (Lipinski definition) is 10. The van der Waals surface area contributed by atoms with Crippen LogP contribution in [0.2, 0.25) is 0 Å². The highest BCUT2D eigenvalue weighted by Gasteiger charge is 2.23. The van der Waals surface area contributed by atoms with Crippen LogP contribution in [-0.2, 0) is 38.4 Å². The molecule has 11 N–H and O–H groups in total. The first kappa shape index (κ1) is 43.1. The van der Waals surface area contributed by atoms with E-state index in [1.807, 2.05) is 10.6 Å². The van der Waals surface area contributed by atoms with Crippen LogP contribution in [0, 0.1) is 5.95 Å². The number of hydrogen-bond acceptors (Lipinski definition) is 13. The molecule has 0 bridgehead atoms. The molecule has 0 saturated heterocycles. The second-order valence-corrected chi connectivity index (χ2v) is 7.36. The molecular formula is C22H28FN7O15. The van der Waals surface area contributed by atoms with Gasteiger partial charge in [-0.3, -0.25) is 14.4 Å². The van der Waals surface area contributed by atoms with Crippen molar-refractivity contribution in [3.63, 3.8) is 0 Å². The first-order chi connectivity index (χ1) is 21.1. The van der Waals surface area contributed by atoms with Crippen LogP contribution in [0.25, 0.3) is 0 Å². The minimum absolute atomic E-state index is 0.0142. The fourth-order valence-electron chi connectivity index (χ4n) is 2.32. The Kier molecular flexibility index (Phi) is 25.5. The quantitative estimate of drug-likeness (QED) is 0.0682. The lowest BCUT2D eigenvalue weighted by Gasteiger charge is -2.13. The number of carbonyl (C=O) groups is 7. The Morgan fingerprint density at radius 1 is 0.733 bits per heavy atom. The molecule has 1 heterocycles. The fourth-order valence-corrected chi connectivity index (χ4v) is 2.32. The molecule has 248 valence electrons. The van der Waals surface area contributed by atoms with Gasteiger partial charge in [-0.25, -0.2) is 24.2 Å². The number of aromatic nitrogens is 1. The number of amides is 5. The van der Waals surface area contributed by atoms with E-state index in [2.05, 4.69) is 20.9 Å². The van der Waals surface area contributed by atoms with Crippen LogP contribution in [0.1, 0.15) is 23.2 Å². The van der Waals surface area contributed by atoms with Crippen molar-refractivity contribution in [1.29, 1.82) is 0 Å². The maximum atomic E-state index is 12.6. The van der Waals surface area contributed by atoms with Crippen LogP contribution in [0.15, 0.2) is 18.3 Å². The van der Waals surface area contributed by atoms with E-state index in [4.69, 9.17) is 45.3 Å². The average Bonchev–Trinajstić information content (AvgIpc) is 2.94. The van der Waals surface area contributed by atoms with Gasteiger partial charge in [0.05, 0.1) is 18.4 Å². The smallest absolute Gasteiger partial charge is 0.373 e. The molecule has 0 aliphatic heterocycles. The molecule has 0 aliphatic rings. The molecule has 1 aromatic heterocycles. The van der Waals surface area contributed by atoms with Gasteiger partial charge in [0.25, 0.3) is 5.91 Å². The minimum Gasteiger partial charge on any atom is -0.481 e. The van der Waals surface area contributed by atoms with Crippen LogP contribution in [0.5, 0.6) is 0 Å². The Morgan fingerprint density at radius 2 is 1.13 bits per heavy atom. The molecule has 0 radical (unpaired) electrons. The molecule has 23 heteroatoms. The van der Waals surface area contributed by atoms with Gasteiger partial charge in [0.15, 0.2) is 0 Å². The molecule has 22 nitrogen and oxygen atoms in total. The first-order valence-corrected chi connectivity index (χ1v) is 11.7. The molecule has 0 aromatic carbocycles. The molecule has 45 heavy (non-hydrogen) atoms. The number of nitrogens with zero attached hydrogens (tertiary/aromatic N) is 1. The Labute approximate surface area is 250 Å². The molecule has 2 atom stereocenters. The topological polar surface area (TPSA) is 368 Å². The number of nitrogens with two attached hydrogens (primary N) is 1. The van der Waals surface area contributed by atoms with E-state index in [1.54, 1.807) is 0 Å². The Morgan fingerprint density at radius 3 is 1.47 bits per heavy atom. The van der Waals surface area contributed by atoms with E-state index >= 15 is 0 Å². The van der Waals surface area contributed by atoms with Crippen LogP contribution in [0.3, 0.4) is 0 Å². The van der Waals surface area contributed by atoms with E-state index in [0.717, 1.165) is 12.3 Å². The van der Waals surface area contributed by atoms with Gasteiger partial charge in [-0.1, -0.05) is 0 Å². The summed E-state index contributed by atoms with van der Waals surface area (Å²) in [6.45, 7) is 0.376. The maximum absolute atomic E-state index is 12.6. The normalized spacial score (nSPS) is 10.2. The molecule has 5 amide bonds. The van der Waals surface area contributed by atoms with Gasteiger partial charge < -0.3 is 52.7 Å². The summed E-state index contributed by atoms with van der Waals surface area (Å²) in [6.07, 6.45) is 0.108. The number of aliphatic carboxylic acids is 4. The van der Waals surface area contributed by atoms with Crippen molar-refractivity contribution in [3.05, 3.63) is 29.8 Å². The standard InChI is InChI=1S/C13H15FN4O6.C7H13N3O5.2CO2/c14-9-2-1-7(6-17-9)11(21)15-3-4-16-13(24)18-8(12(22)23)5-10(19)20;8-1-2-9-7(15)10-4(6(13)14)3-5(11)12;2*2-1-3/h1-2,6,8H,3-5H2,(H,15,21)(H,19,20)(H,22,23)(H2,16,18,24);4H,1-3,8H2,(H,11,12)(H,13,14)(H2,9,10,15);;/t8-;4-;;/m00../s1/i14-1;;;. The predicted molar refractivity (Wildman–Crippen MR) is 136 cm³/mol. The highest BCUT2D eigenvalue weighted by molar-refractivity contribution is 5.93. The predicted octanol–water partition coefficient (Wildman–Crippen LogP) is -3.82.